The Morgan fingerprint density at radius 3 is 2.54 bits per heavy atom. The number of sulfone groups is 1. The third kappa shape index (κ3) is 3.75. The molecule has 3 aliphatic heterocycles. The van der Waals surface area contributed by atoms with Gasteiger partial charge in [-0.15, -0.1) is 0 Å². The molecule has 1 amide bonds. The van der Waals surface area contributed by atoms with Crippen molar-refractivity contribution >= 4 is 33.2 Å². The van der Waals surface area contributed by atoms with Crippen LogP contribution in [0.4, 0.5) is 17.5 Å². The third-order valence-electron chi connectivity index (χ3n) is 7.98. The van der Waals surface area contributed by atoms with Crippen LogP contribution in [0.2, 0.25) is 0 Å². The van der Waals surface area contributed by atoms with Crippen molar-refractivity contribution in [3.8, 4) is 6.07 Å². The maximum Gasteiger partial charge on any atom is 0.246 e. The largest absolute Gasteiger partial charge is 0.394 e. The van der Waals surface area contributed by atoms with Crippen LogP contribution in [-0.4, -0.2) is 88.1 Å². The first-order valence-corrected chi connectivity index (χ1v) is 14.0. The lowest BCUT2D eigenvalue weighted by Crippen LogP contribution is -2.68. The van der Waals surface area contributed by atoms with Gasteiger partial charge < -0.3 is 19.8 Å². The maximum atomic E-state index is 13.4. The zero-order chi connectivity index (χ0) is 26.8. The predicted octanol–water partition coefficient (Wildman–Crippen LogP) is 1.15. The van der Waals surface area contributed by atoms with Crippen molar-refractivity contribution in [1.29, 1.82) is 5.26 Å². The smallest absolute Gasteiger partial charge is 0.246 e. The van der Waals surface area contributed by atoms with Gasteiger partial charge in [-0.05, 0) is 32.4 Å². The van der Waals surface area contributed by atoms with Gasteiger partial charge in [-0.1, -0.05) is 13.8 Å². The number of aromatic nitrogens is 3. The van der Waals surface area contributed by atoms with Gasteiger partial charge in [-0.2, -0.15) is 5.26 Å². The van der Waals surface area contributed by atoms with Crippen LogP contribution in [0.25, 0.3) is 0 Å². The van der Waals surface area contributed by atoms with Gasteiger partial charge in [0, 0.05) is 48.9 Å². The second-order valence-corrected chi connectivity index (χ2v) is 13.3. The summed E-state index contributed by atoms with van der Waals surface area (Å²) in [5.74, 6) is 1.56. The molecule has 3 atom stereocenters. The molecule has 11 nitrogen and oxygen atoms in total. The number of nitrogens with zero attached hydrogens (tertiary/aromatic N) is 7. The lowest BCUT2D eigenvalue weighted by molar-refractivity contribution is -0.138. The van der Waals surface area contributed by atoms with Gasteiger partial charge in [-0.3, -0.25) is 4.79 Å². The number of carbonyl (C=O) groups is 1. The summed E-state index contributed by atoms with van der Waals surface area (Å²) in [6.07, 6.45) is 3.28. The first-order valence-electron chi connectivity index (χ1n) is 12.4. The highest BCUT2D eigenvalue weighted by molar-refractivity contribution is 7.95. The number of anilines is 3. The second-order valence-electron chi connectivity index (χ2n) is 10.9. The summed E-state index contributed by atoms with van der Waals surface area (Å²) < 4.78 is 23.2. The van der Waals surface area contributed by atoms with Crippen molar-refractivity contribution in [2.45, 2.75) is 56.4 Å². The molecule has 37 heavy (non-hydrogen) atoms. The van der Waals surface area contributed by atoms with Crippen LogP contribution in [0.3, 0.4) is 0 Å². The van der Waals surface area contributed by atoms with Gasteiger partial charge in [0.2, 0.25) is 5.91 Å². The van der Waals surface area contributed by atoms with Crippen molar-refractivity contribution in [1.82, 2.24) is 19.9 Å². The third-order valence-corrected chi connectivity index (χ3v) is 10.4. The number of amides is 1. The first kappa shape index (κ1) is 25.4. The molecule has 0 saturated carbocycles. The van der Waals surface area contributed by atoms with Crippen molar-refractivity contribution in [2.24, 2.45) is 0 Å². The lowest BCUT2D eigenvalue weighted by atomic mass is 9.87. The molecule has 2 saturated heterocycles. The summed E-state index contributed by atoms with van der Waals surface area (Å²) in [5, 5.41) is 19.2. The van der Waals surface area contributed by atoms with Crippen molar-refractivity contribution in [3.05, 3.63) is 35.8 Å². The number of fused-ring (bicyclic) bond motifs is 1. The van der Waals surface area contributed by atoms with E-state index < -0.39 is 27.1 Å². The van der Waals surface area contributed by atoms with Gasteiger partial charge in [0.1, 0.15) is 23.8 Å². The summed E-state index contributed by atoms with van der Waals surface area (Å²) in [5.41, 5.74) is 1.15. The molecule has 5 rings (SSSR count). The van der Waals surface area contributed by atoms with Crippen molar-refractivity contribution < 1.29 is 18.3 Å². The molecular formula is C25H31N7O4S. The molecule has 0 aliphatic carbocycles. The molecule has 3 aliphatic rings. The lowest BCUT2D eigenvalue weighted by Gasteiger charge is -2.49. The quantitative estimate of drug-likeness (QED) is 0.617. The van der Waals surface area contributed by atoms with E-state index in [4.69, 9.17) is 0 Å². The fourth-order valence-corrected chi connectivity index (χ4v) is 7.35. The number of hydrogen-bond acceptors (Lipinski definition) is 10. The van der Waals surface area contributed by atoms with Gasteiger partial charge in [0.05, 0.1) is 24.0 Å². The van der Waals surface area contributed by atoms with E-state index in [1.807, 2.05) is 18.7 Å². The monoisotopic (exact) mass is 525 g/mol. The molecule has 2 aromatic heterocycles. The Kier molecular flexibility index (Phi) is 5.91. The van der Waals surface area contributed by atoms with E-state index in [-0.39, 0.29) is 29.7 Å². The van der Waals surface area contributed by atoms with Crippen LogP contribution in [0.5, 0.6) is 0 Å². The Hall–Kier alpha value is -3.30. The molecule has 1 N–H and O–H groups in total. The van der Waals surface area contributed by atoms with Crippen LogP contribution in [-0.2, 0) is 20.0 Å². The standard InChI is InChI=1S/C25H31N7O4S/c1-16-12-31(23(34)25(14-33)6-8-37(25,35)36)17(2)11-30(16)21-20-22(29-15-28-21)32(13-24(20,3)4)19-9-18(10-26)5-7-27-19/h5,7,9,15-17,33H,6,8,11-14H2,1-4H3/t16-,17+,25+/m0/s1. The number of pyridine rings is 1. The van der Waals surface area contributed by atoms with Crippen LogP contribution in [0, 0.1) is 11.3 Å². The minimum Gasteiger partial charge on any atom is -0.394 e. The number of rotatable bonds is 4. The van der Waals surface area contributed by atoms with E-state index in [1.165, 1.54) is 6.33 Å². The molecule has 196 valence electrons. The number of aliphatic hydroxyl groups is 1. The van der Waals surface area contributed by atoms with Crippen LogP contribution in [0.15, 0.2) is 24.7 Å². The number of piperazine rings is 1. The van der Waals surface area contributed by atoms with E-state index in [0.29, 0.717) is 31.0 Å². The van der Waals surface area contributed by atoms with Gasteiger partial charge in [-0.25, -0.2) is 23.4 Å². The first-order chi connectivity index (χ1) is 17.5. The fraction of sp³-hybridized carbons (Fsp3) is 0.560. The number of carbonyl (C=O) groups excluding carboxylic acids is 1. The maximum absolute atomic E-state index is 13.4. The molecule has 2 aromatic rings. The Balaban J connectivity index is 1.47. The van der Waals surface area contributed by atoms with Crippen LogP contribution < -0.4 is 9.80 Å². The molecule has 0 bridgehead atoms. The van der Waals surface area contributed by atoms with Crippen LogP contribution >= 0.6 is 0 Å². The van der Waals surface area contributed by atoms with Crippen molar-refractivity contribution in [3.63, 3.8) is 0 Å². The Morgan fingerprint density at radius 1 is 1.19 bits per heavy atom. The minimum absolute atomic E-state index is 0.0754. The highest BCUT2D eigenvalue weighted by atomic mass is 32.2. The molecule has 0 aromatic carbocycles. The molecule has 0 radical (unpaired) electrons. The zero-order valence-corrected chi connectivity index (χ0v) is 22.2. The van der Waals surface area contributed by atoms with Gasteiger partial charge in [0.25, 0.3) is 0 Å². The molecule has 5 heterocycles. The van der Waals surface area contributed by atoms with Crippen LogP contribution in [0.1, 0.15) is 45.2 Å². The highest BCUT2D eigenvalue weighted by Gasteiger charge is 2.60. The summed E-state index contributed by atoms with van der Waals surface area (Å²) in [6, 6.07) is 5.13. The van der Waals surface area contributed by atoms with E-state index in [2.05, 4.69) is 39.8 Å². The Morgan fingerprint density at radius 2 is 1.92 bits per heavy atom. The summed E-state index contributed by atoms with van der Waals surface area (Å²) in [4.78, 5) is 32.9. The average Bonchev–Trinajstić information content (AvgIpc) is 3.16. The molecular weight excluding hydrogens is 494 g/mol. The topological polar surface area (TPSA) is 144 Å². The summed E-state index contributed by atoms with van der Waals surface area (Å²) in [6.45, 7) is 8.79. The van der Waals surface area contributed by atoms with E-state index >= 15 is 0 Å². The van der Waals surface area contributed by atoms with E-state index in [9.17, 15) is 23.6 Å². The zero-order valence-electron chi connectivity index (χ0n) is 21.4. The fourth-order valence-electron chi connectivity index (χ4n) is 5.74. The number of aliphatic hydroxyl groups excluding tert-OH is 1. The van der Waals surface area contributed by atoms with E-state index in [1.54, 1.807) is 23.2 Å². The molecule has 0 spiro atoms. The SMILES string of the molecule is C[C@@H]1CN(c2ncnc3c2C(C)(C)CN3c2cc(C#N)ccn2)[C@@H](C)CN1C(=O)[C@]1(CO)CCS1(=O)=O. The number of nitriles is 1. The predicted molar refractivity (Wildman–Crippen MR) is 137 cm³/mol. The average molecular weight is 526 g/mol. The highest BCUT2D eigenvalue weighted by Crippen LogP contribution is 2.47. The molecule has 0 unspecified atom stereocenters. The Labute approximate surface area is 216 Å². The van der Waals surface area contributed by atoms with Gasteiger partial charge in [0.15, 0.2) is 14.6 Å². The molecule has 2 fully saturated rings. The second kappa shape index (κ2) is 8.63. The van der Waals surface area contributed by atoms with Crippen molar-refractivity contribution in [2.75, 3.05) is 41.8 Å². The normalized spacial score (nSPS) is 27.8. The molecule has 12 heteroatoms. The number of hydrogen-bond donors (Lipinski definition) is 1. The summed E-state index contributed by atoms with van der Waals surface area (Å²) >= 11 is 0. The minimum atomic E-state index is -3.66. The Bertz CT molecular complexity index is 1400. The van der Waals surface area contributed by atoms with E-state index in [0.717, 1.165) is 17.2 Å². The summed E-state index contributed by atoms with van der Waals surface area (Å²) in [7, 11) is -3.66. The van der Waals surface area contributed by atoms with Gasteiger partial charge >= 0.3 is 0 Å².